The number of hydrogen-bond donors (Lipinski definition) is 1. The summed E-state index contributed by atoms with van der Waals surface area (Å²) in [5.41, 5.74) is 5.46. The molecule has 1 aromatic rings. The molecule has 2 N–H and O–H groups in total. The van der Waals surface area contributed by atoms with E-state index in [1.165, 1.54) is 0 Å². The third-order valence-corrected chi connectivity index (χ3v) is 3.45. The molecule has 0 saturated carbocycles. The van der Waals surface area contributed by atoms with Gasteiger partial charge in [-0.15, -0.1) is 0 Å². The van der Waals surface area contributed by atoms with Crippen molar-refractivity contribution >= 4 is 5.91 Å². The van der Waals surface area contributed by atoms with Gasteiger partial charge in [-0.2, -0.15) is 0 Å². The molecule has 1 amide bonds. The van der Waals surface area contributed by atoms with Gasteiger partial charge in [-0.1, -0.05) is 18.2 Å². The number of para-hydroxylation sites is 1. The second-order valence-corrected chi connectivity index (χ2v) is 6.18. The number of rotatable bonds is 4. The van der Waals surface area contributed by atoms with Gasteiger partial charge in [-0.25, -0.2) is 0 Å². The minimum atomic E-state index is -0.436. The highest BCUT2D eigenvalue weighted by atomic mass is 16.5. The molecule has 1 heterocycles. The molecule has 1 saturated heterocycles. The van der Waals surface area contributed by atoms with Crippen LogP contribution < -0.4 is 10.5 Å². The Morgan fingerprint density at radius 1 is 1.30 bits per heavy atom. The van der Waals surface area contributed by atoms with Gasteiger partial charge in [-0.3, -0.25) is 4.79 Å². The third kappa shape index (κ3) is 4.53. The summed E-state index contributed by atoms with van der Waals surface area (Å²) in [7, 11) is 0. The number of carbonyl (C=O) groups excluding carboxylic acids is 1. The minimum absolute atomic E-state index is 0.149. The van der Waals surface area contributed by atoms with Crippen molar-refractivity contribution in [3.05, 3.63) is 30.3 Å². The van der Waals surface area contributed by atoms with E-state index in [1.807, 2.05) is 49.1 Å². The Hall–Kier alpha value is -1.55. The maximum atomic E-state index is 12.1. The fourth-order valence-electron chi connectivity index (χ4n) is 2.42. The van der Waals surface area contributed by atoms with Gasteiger partial charge in [0.2, 0.25) is 5.91 Å². The molecule has 0 radical (unpaired) electrons. The SMILES string of the molecule is CC(C)(N)CC(=O)N1CCC(Oc2ccccc2)CC1. The van der Waals surface area contributed by atoms with Crippen molar-refractivity contribution in [3.63, 3.8) is 0 Å². The van der Waals surface area contributed by atoms with Crippen molar-refractivity contribution in [1.82, 2.24) is 4.90 Å². The predicted octanol–water partition coefficient (Wildman–Crippen LogP) is 2.18. The topological polar surface area (TPSA) is 55.6 Å². The highest BCUT2D eigenvalue weighted by Gasteiger charge is 2.26. The molecule has 110 valence electrons. The molecule has 4 nitrogen and oxygen atoms in total. The van der Waals surface area contributed by atoms with Crippen molar-refractivity contribution in [2.75, 3.05) is 13.1 Å². The Morgan fingerprint density at radius 2 is 1.90 bits per heavy atom. The van der Waals surface area contributed by atoms with Gasteiger partial charge < -0.3 is 15.4 Å². The molecule has 0 atom stereocenters. The maximum absolute atomic E-state index is 12.1. The number of nitrogens with two attached hydrogens (primary N) is 1. The second-order valence-electron chi connectivity index (χ2n) is 6.18. The molecule has 0 aliphatic carbocycles. The summed E-state index contributed by atoms with van der Waals surface area (Å²) < 4.78 is 5.92. The van der Waals surface area contributed by atoms with Crippen LogP contribution in [0.15, 0.2) is 30.3 Å². The van der Waals surface area contributed by atoms with Gasteiger partial charge in [0.05, 0.1) is 0 Å². The number of amides is 1. The number of carbonyl (C=O) groups is 1. The van der Waals surface area contributed by atoms with Crippen molar-refractivity contribution in [2.45, 2.75) is 44.8 Å². The molecule has 1 fully saturated rings. The summed E-state index contributed by atoms with van der Waals surface area (Å²) in [6, 6.07) is 9.85. The molecule has 0 aromatic heterocycles. The van der Waals surface area contributed by atoms with Crippen LogP contribution in [0, 0.1) is 0 Å². The van der Waals surface area contributed by atoms with Crippen LogP contribution in [0.5, 0.6) is 5.75 Å². The normalized spacial score (nSPS) is 17.1. The molecule has 1 aromatic carbocycles. The average Bonchev–Trinajstić information content (AvgIpc) is 2.39. The fraction of sp³-hybridized carbons (Fsp3) is 0.562. The predicted molar refractivity (Wildman–Crippen MR) is 79.6 cm³/mol. The molecule has 20 heavy (non-hydrogen) atoms. The van der Waals surface area contributed by atoms with Crippen LogP contribution in [0.1, 0.15) is 33.1 Å². The zero-order valence-corrected chi connectivity index (χ0v) is 12.3. The lowest BCUT2D eigenvalue weighted by Crippen LogP contribution is -2.45. The van der Waals surface area contributed by atoms with E-state index >= 15 is 0 Å². The van der Waals surface area contributed by atoms with E-state index in [0.29, 0.717) is 6.42 Å². The van der Waals surface area contributed by atoms with E-state index in [1.54, 1.807) is 0 Å². The molecule has 1 aliphatic rings. The van der Waals surface area contributed by atoms with Crippen LogP contribution in [0.2, 0.25) is 0 Å². The molecule has 0 bridgehead atoms. The molecule has 1 aliphatic heterocycles. The van der Waals surface area contributed by atoms with E-state index in [2.05, 4.69) is 0 Å². The lowest BCUT2D eigenvalue weighted by atomic mass is 10.00. The van der Waals surface area contributed by atoms with Crippen molar-refractivity contribution in [2.24, 2.45) is 5.73 Å². The van der Waals surface area contributed by atoms with Crippen LogP contribution in [0.4, 0.5) is 0 Å². The van der Waals surface area contributed by atoms with Crippen molar-refractivity contribution in [3.8, 4) is 5.75 Å². The first-order valence-electron chi connectivity index (χ1n) is 7.22. The molecule has 2 rings (SSSR count). The fourth-order valence-corrected chi connectivity index (χ4v) is 2.42. The monoisotopic (exact) mass is 276 g/mol. The Labute approximate surface area is 120 Å². The number of likely N-dealkylation sites (tertiary alicyclic amines) is 1. The summed E-state index contributed by atoms with van der Waals surface area (Å²) in [6.45, 7) is 5.28. The molecular formula is C16H24N2O2. The van der Waals surface area contributed by atoms with E-state index in [-0.39, 0.29) is 12.0 Å². The van der Waals surface area contributed by atoms with Gasteiger partial charge in [0.1, 0.15) is 11.9 Å². The van der Waals surface area contributed by atoms with Crippen LogP contribution in [0.3, 0.4) is 0 Å². The highest BCUT2D eigenvalue weighted by molar-refractivity contribution is 5.77. The van der Waals surface area contributed by atoms with Crippen LogP contribution in [-0.4, -0.2) is 35.5 Å². The number of hydrogen-bond acceptors (Lipinski definition) is 3. The highest BCUT2D eigenvalue weighted by Crippen LogP contribution is 2.19. The first-order valence-corrected chi connectivity index (χ1v) is 7.22. The zero-order valence-electron chi connectivity index (χ0n) is 12.3. The van der Waals surface area contributed by atoms with Crippen molar-refractivity contribution in [1.29, 1.82) is 0 Å². The van der Waals surface area contributed by atoms with Gasteiger partial charge in [0.25, 0.3) is 0 Å². The van der Waals surface area contributed by atoms with Crippen LogP contribution in [0.25, 0.3) is 0 Å². The van der Waals surface area contributed by atoms with E-state index < -0.39 is 5.54 Å². The van der Waals surface area contributed by atoms with Crippen LogP contribution >= 0.6 is 0 Å². The number of nitrogens with zero attached hydrogens (tertiary/aromatic N) is 1. The second kappa shape index (κ2) is 6.27. The molecule has 0 unspecified atom stereocenters. The molecular weight excluding hydrogens is 252 g/mol. The smallest absolute Gasteiger partial charge is 0.224 e. The van der Waals surface area contributed by atoms with E-state index in [9.17, 15) is 4.79 Å². The quantitative estimate of drug-likeness (QED) is 0.917. The minimum Gasteiger partial charge on any atom is -0.490 e. The summed E-state index contributed by atoms with van der Waals surface area (Å²) in [5.74, 6) is 1.05. The Balaban J connectivity index is 1.79. The Bertz CT molecular complexity index is 432. The number of piperidine rings is 1. The van der Waals surface area contributed by atoms with Gasteiger partial charge >= 0.3 is 0 Å². The summed E-state index contributed by atoms with van der Waals surface area (Å²) in [6.07, 6.45) is 2.36. The molecule has 4 heteroatoms. The van der Waals surface area contributed by atoms with Crippen molar-refractivity contribution < 1.29 is 9.53 Å². The van der Waals surface area contributed by atoms with Gasteiger partial charge in [0, 0.05) is 37.9 Å². The number of benzene rings is 1. The Kier molecular flexibility index (Phi) is 4.65. The Morgan fingerprint density at radius 3 is 2.45 bits per heavy atom. The average molecular weight is 276 g/mol. The number of ether oxygens (including phenoxy) is 1. The standard InChI is InChI=1S/C16H24N2O2/c1-16(2,17)12-15(19)18-10-8-14(9-11-18)20-13-6-4-3-5-7-13/h3-7,14H,8-12,17H2,1-2H3. The van der Waals surface area contributed by atoms with E-state index in [0.717, 1.165) is 31.7 Å². The summed E-state index contributed by atoms with van der Waals surface area (Å²) in [4.78, 5) is 14.0. The lowest BCUT2D eigenvalue weighted by molar-refractivity contribution is -0.134. The third-order valence-electron chi connectivity index (χ3n) is 3.45. The van der Waals surface area contributed by atoms with Gasteiger partial charge in [0.15, 0.2) is 0 Å². The largest absolute Gasteiger partial charge is 0.490 e. The zero-order chi connectivity index (χ0) is 14.6. The van der Waals surface area contributed by atoms with Gasteiger partial charge in [-0.05, 0) is 26.0 Å². The van der Waals surface area contributed by atoms with E-state index in [4.69, 9.17) is 10.5 Å². The first kappa shape index (κ1) is 14.9. The maximum Gasteiger partial charge on any atom is 0.224 e. The van der Waals surface area contributed by atoms with Crippen LogP contribution in [-0.2, 0) is 4.79 Å². The molecule has 0 spiro atoms. The first-order chi connectivity index (χ1) is 9.44. The summed E-state index contributed by atoms with van der Waals surface area (Å²) in [5, 5.41) is 0. The summed E-state index contributed by atoms with van der Waals surface area (Å²) >= 11 is 0. The lowest BCUT2D eigenvalue weighted by Gasteiger charge is -2.33.